The van der Waals surface area contributed by atoms with Crippen LogP contribution in [0.25, 0.3) is 11.4 Å². The molecule has 2 aromatic carbocycles. The van der Waals surface area contributed by atoms with Gasteiger partial charge in [0.1, 0.15) is 23.5 Å². The summed E-state index contributed by atoms with van der Waals surface area (Å²) in [7, 11) is 0. The van der Waals surface area contributed by atoms with E-state index in [1.165, 1.54) is 12.5 Å². The first-order valence-corrected chi connectivity index (χ1v) is 10.3. The Balaban J connectivity index is 1.42. The van der Waals surface area contributed by atoms with Gasteiger partial charge >= 0.3 is 0 Å². The zero-order chi connectivity index (χ0) is 22.6. The van der Waals surface area contributed by atoms with Crippen molar-refractivity contribution in [1.82, 2.24) is 25.1 Å². The van der Waals surface area contributed by atoms with Crippen molar-refractivity contribution in [2.75, 3.05) is 29.1 Å². The monoisotopic (exact) mass is 443 g/mol. The molecule has 0 saturated heterocycles. The van der Waals surface area contributed by atoms with Crippen molar-refractivity contribution < 1.29 is 9.53 Å². The predicted octanol–water partition coefficient (Wildman–Crippen LogP) is 3.04. The highest BCUT2D eigenvalue weighted by atomic mass is 16.5. The molecule has 0 spiro atoms. The second kappa shape index (κ2) is 8.83. The average molecular weight is 443 g/mol. The van der Waals surface area contributed by atoms with Crippen molar-refractivity contribution in [3.05, 3.63) is 60.6 Å². The molecule has 4 aromatic rings. The molecule has 0 unspecified atom stereocenters. The summed E-state index contributed by atoms with van der Waals surface area (Å²) in [5.41, 5.74) is 8.91. The van der Waals surface area contributed by atoms with Crippen LogP contribution in [0.1, 0.15) is 16.8 Å². The number of H-pyrrole nitrogens is 1. The fourth-order valence-corrected chi connectivity index (χ4v) is 3.42. The van der Waals surface area contributed by atoms with E-state index >= 15 is 0 Å². The van der Waals surface area contributed by atoms with Crippen LogP contribution < -0.4 is 26.4 Å². The van der Waals surface area contributed by atoms with Crippen LogP contribution in [-0.2, 0) is 0 Å². The second-order valence-electron chi connectivity index (χ2n) is 7.32. The number of hydrogen-bond donors (Lipinski definition) is 5. The highest BCUT2D eigenvalue weighted by Gasteiger charge is 2.14. The predicted molar refractivity (Wildman–Crippen MR) is 124 cm³/mol. The van der Waals surface area contributed by atoms with Crippen LogP contribution in [0, 0.1) is 0 Å². The van der Waals surface area contributed by atoms with E-state index in [2.05, 4.69) is 41.1 Å². The van der Waals surface area contributed by atoms with E-state index in [9.17, 15) is 4.79 Å². The lowest BCUT2D eigenvalue weighted by atomic mass is 10.2. The van der Waals surface area contributed by atoms with Crippen LogP contribution in [0.4, 0.5) is 28.8 Å². The first-order valence-electron chi connectivity index (χ1n) is 10.3. The third kappa shape index (κ3) is 4.51. The molecule has 166 valence electrons. The Morgan fingerprint density at radius 3 is 2.85 bits per heavy atom. The van der Waals surface area contributed by atoms with Gasteiger partial charge in [0.15, 0.2) is 5.82 Å². The molecule has 1 aliphatic rings. The number of anilines is 5. The standard InChI is InChI=1S/C22H21N9O2/c23-19(32)16-11-25-22(29-15-5-6-18-17(10-15)24-7-2-8-33-18)30-21(16)28-14-4-1-3-13(9-14)20-26-12-27-31-20/h1,3-6,9-12,24H,2,7-8H2,(H2,23,32)(H,26,27,31)(H2,25,28,29,30). The Bertz CT molecular complexity index is 1290. The lowest BCUT2D eigenvalue weighted by Crippen LogP contribution is -2.15. The fraction of sp³-hybridized carbons (Fsp3) is 0.136. The van der Waals surface area contributed by atoms with Gasteiger partial charge in [-0.05, 0) is 36.8 Å². The lowest BCUT2D eigenvalue weighted by Gasteiger charge is -2.13. The molecule has 5 rings (SSSR count). The van der Waals surface area contributed by atoms with E-state index in [0.29, 0.717) is 24.1 Å². The van der Waals surface area contributed by atoms with Gasteiger partial charge in [-0.3, -0.25) is 9.89 Å². The van der Waals surface area contributed by atoms with Crippen molar-refractivity contribution in [2.24, 2.45) is 5.73 Å². The minimum absolute atomic E-state index is 0.169. The van der Waals surface area contributed by atoms with Gasteiger partial charge in [-0.25, -0.2) is 9.97 Å². The average Bonchev–Trinajstić information content (AvgIpc) is 3.25. The Hall–Kier alpha value is -4.67. The number of aromatic amines is 1. The van der Waals surface area contributed by atoms with Crippen molar-refractivity contribution in [3.8, 4) is 17.1 Å². The molecular weight excluding hydrogens is 422 g/mol. The van der Waals surface area contributed by atoms with Gasteiger partial charge in [-0.15, -0.1) is 0 Å². The summed E-state index contributed by atoms with van der Waals surface area (Å²) in [6.07, 6.45) is 3.76. The number of nitrogens with zero attached hydrogens (tertiary/aromatic N) is 4. The summed E-state index contributed by atoms with van der Waals surface area (Å²) >= 11 is 0. The van der Waals surface area contributed by atoms with E-state index in [0.717, 1.165) is 35.7 Å². The smallest absolute Gasteiger partial charge is 0.254 e. The zero-order valence-electron chi connectivity index (χ0n) is 17.5. The normalized spacial score (nSPS) is 12.6. The summed E-state index contributed by atoms with van der Waals surface area (Å²) in [4.78, 5) is 24.9. The molecule has 33 heavy (non-hydrogen) atoms. The molecule has 11 nitrogen and oxygen atoms in total. The molecule has 0 radical (unpaired) electrons. The number of benzene rings is 2. The summed E-state index contributed by atoms with van der Waals surface area (Å²) < 4.78 is 5.72. The number of nitrogens with two attached hydrogens (primary N) is 1. The first-order chi connectivity index (χ1) is 16.2. The number of rotatable bonds is 6. The van der Waals surface area contributed by atoms with Crippen molar-refractivity contribution in [2.45, 2.75) is 6.42 Å². The molecular formula is C22H21N9O2. The van der Waals surface area contributed by atoms with Gasteiger partial charge in [0.05, 0.1) is 12.3 Å². The van der Waals surface area contributed by atoms with Gasteiger partial charge in [0, 0.05) is 29.7 Å². The largest absolute Gasteiger partial charge is 0.491 e. The van der Waals surface area contributed by atoms with E-state index in [1.807, 2.05) is 42.5 Å². The SMILES string of the molecule is NC(=O)c1cnc(Nc2ccc3c(c2)NCCCO3)nc1Nc1cccc(-c2ncn[nH]2)c1. The number of carbonyl (C=O) groups is 1. The quantitative estimate of drug-likeness (QED) is 0.302. The molecule has 0 atom stereocenters. The Kier molecular flexibility index (Phi) is 5.42. The number of aromatic nitrogens is 5. The number of hydrogen-bond acceptors (Lipinski definition) is 9. The van der Waals surface area contributed by atoms with Crippen LogP contribution >= 0.6 is 0 Å². The molecule has 3 heterocycles. The second-order valence-corrected chi connectivity index (χ2v) is 7.32. The number of ether oxygens (including phenoxy) is 1. The third-order valence-electron chi connectivity index (χ3n) is 5.00. The lowest BCUT2D eigenvalue weighted by molar-refractivity contribution is 0.100. The topological polar surface area (TPSA) is 156 Å². The fourth-order valence-electron chi connectivity index (χ4n) is 3.42. The molecule has 1 aliphatic heterocycles. The van der Waals surface area contributed by atoms with E-state index in [-0.39, 0.29) is 11.4 Å². The number of primary amides is 1. The molecule has 11 heteroatoms. The van der Waals surface area contributed by atoms with Crippen molar-refractivity contribution in [3.63, 3.8) is 0 Å². The highest BCUT2D eigenvalue weighted by molar-refractivity contribution is 5.98. The van der Waals surface area contributed by atoms with Crippen LogP contribution in [0.5, 0.6) is 5.75 Å². The van der Waals surface area contributed by atoms with Crippen LogP contribution in [0.3, 0.4) is 0 Å². The van der Waals surface area contributed by atoms with Crippen LogP contribution in [-0.4, -0.2) is 44.2 Å². The maximum atomic E-state index is 12.0. The molecule has 0 bridgehead atoms. The van der Waals surface area contributed by atoms with Gasteiger partial charge in [-0.1, -0.05) is 12.1 Å². The molecule has 6 N–H and O–H groups in total. The minimum atomic E-state index is -0.637. The molecule has 0 fully saturated rings. The van der Waals surface area contributed by atoms with E-state index in [4.69, 9.17) is 10.5 Å². The summed E-state index contributed by atoms with van der Waals surface area (Å²) in [6, 6.07) is 13.2. The minimum Gasteiger partial charge on any atom is -0.491 e. The highest BCUT2D eigenvalue weighted by Crippen LogP contribution is 2.31. The molecule has 0 aliphatic carbocycles. The molecule has 1 amide bonds. The molecule has 2 aromatic heterocycles. The maximum absolute atomic E-state index is 12.0. The number of carbonyl (C=O) groups excluding carboxylic acids is 1. The van der Waals surface area contributed by atoms with Gasteiger partial charge < -0.3 is 26.4 Å². The summed E-state index contributed by atoms with van der Waals surface area (Å²) in [6.45, 7) is 1.51. The van der Waals surface area contributed by atoms with Gasteiger partial charge in [-0.2, -0.15) is 10.1 Å². The van der Waals surface area contributed by atoms with Crippen molar-refractivity contribution >= 4 is 34.7 Å². The van der Waals surface area contributed by atoms with Crippen LogP contribution in [0.15, 0.2) is 55.0 Å². The van der Waals surface area contributed by atoms with E-state index < -0.39 is 5.91 Å². The van der Waals surface area contributed by atoms with Gasteiger partial charge in [0.2, 0.25) is 5.95 Å². The number of nitrogens with one attached hydrogen (secondary N) is 4. The van der Waals surface area contributed by atoms with E-state index in [1.54, 1.807) is 0 Å². The first kappa shape index (κ1) is 20.2. The number of fused-ring (bicyclic) bond motifs is 1. The molecule has 0 saturated carbocycles. The number of amides is 1. The summed E-state index contributed by atoms with van der Waals surface area (Å²) in [5, 5.41) is 16.4. The Labute approximate surface area is 188 Å². The Morgan fingerprint density at radius 2 is 2.00 bits per heavy atom. The van der Waals surface area contributed by atoms with Crippen LogP contribution in [0.2, 0.25) is 0 Å². The third-order valence-corrected chi connectivity index (χ3v) is 5.00. The van der Waals surface area contributed by atoms with Gasteiger partial charge in [0.25, 0.3) is 5.91 Å². The maximum Gasteiger partial charge on any atom is 0.254 e. The Morgan fingerprint density at radius 1 is 1.09 bits per heavy atom. The van der Waals surface area contributed by atoms with Crippen molar-refractivity contribution in [1.29, 1.82) is 0 Å². The summed E-state index contributed by atoms with van der Waals surface area (Å²) in [5.74, 6) is 1.38. The zero-order valence-corrected chi connectivity index (χ0v) is 17.5.